The van der Waals surface area contributed by atoms with Crippen molar-refractivity contribution in [3.05, 3.63) is 102 Å². The first-order valence-corrected chi connectivity index (χ1v) is 10.2. The van der Waals surface area contributed by atoms with Crippen molar-refractivity contribution in [2.45, 2.75) is 26.6 Å². The largest absolute Gasteiger partial charge is 0.489 e. The number of aromatic nitrogens is 2. The van der Waals surface area contributed by atoms with Crippen molar-refractivity contribution in [1.82, 2.24) is 15.0 Å². The molecule has 0 aliphatic heterocycles. The highest BCUT2D eigenvalue weighted by molar-refractivity contribution is 5.55. The first kappa shape index (κ1) is 19.9. The molecule has 0 atom stereocenters. The highest BCUT2D eigenvalue weighted by Crippen LogP contribution is 2.21. The molecule has 0 amide bonds. The van der Waals surface area contributed by atoms with Crippen molar-refractivity contribution < 1.29 is 9.26 Å². The van der Waals surface area contributed by atoms with E-state index in [1.54, 1.807) is 0 Å². The number of hydrogen-bond donors (Lipinski definition) is 0. The van der Waals surface area contributed by atoms with Gasteiger partial charge in [0, 0.05) is 12.1 Å². The van der Waals surface area contributed by atoms with Gasteiger partial charge in [0.1, 0.15) is 12.4 Å². The molecule has 1 heterocycles. The van der Waals surface area contributed by atoms with Crippen LogP contribution in [0.1, 0.15) is 23.9 Å². The third kappa shape index (κ3) is 5.33. The van der Waals surface area contributed by atoms with Gasteiger partial charge < -0.3 is 9.26 Å². The fourth-order valence-corrected chi connectivity index (χ4v) is 3.19. The summed E-state index contributed by atoms with van der Waals surface area (Å²) in [4.78, 5) is 6.84. The zero-order chi connectivity index (χ0) is 20.6. The van der Waals surface area contributed by atoms with Crippen LogP contribution in [0.4, 0.5) is 0 Å². The minimum Gasteiger partial charge on any atom is -0.489 e. The Hall–Kier alpha value is -3.44. The molecule has 1 aromatic heterocycles. The highest BCUT2D eigenvalue weighted by atomic mass is 16.5. The van der Waals surface area contributed by atoms with E-state index < -0.39 is 0 Å². The van der Waals surface area contributed by atoms with E-state index in [0.29, 0.717) is 24.9 Å². The van der Waals surface area contributed by atoms with Gasteiger partial charge in [-0.2, -0.15) is 4.98 Å². The Balaban J connectivity index is 1.36. The van der Waals surface area contributed by atoms with E-state index in [1.807, 2.05) is 60.7 Å². The summed E-state index contributed by atoms with van der Waals surface area (Å²) in [6, 6.07) is 28.3. The smallest absolute Gasteiger partial charge is 0.241 e. The van der Waals surface area contributed by atoms with Gasteiger partial charge in [-0.25, -0.2) is 0 Å². The summed E-state index contributed by atoms with van der Waals surface area (Å²) in [5.41, 5.74) is 3.31. The summed E-state index contributed by atoms with van der Waals surface area (Å²) in [6.07, 6.45) is 0. The van der Waals surface area contributed by atoms with Crippen molar-refractivity contribution in [1.29, 1.82) is 0 Å². The number of rotatable bonds is 9. The summed E-state index contributed by atoms with van der Waals surface area (Å²) in [5, 5.41) is 4.15. The molecule has 5 nitrogen and oxygen atoms in total. The molecule has 0 fully saturated rings. The Morgan fingerprint density at radius 3 is 2.13 bits per heavy atom. The molecule has 0 unspecified atom stereocenters. The second-order valence-electron chi connectivity index (χ2n) is 7.10. The molecule has 0 saturated carbocycles. The van der Waals surface area contributed by atoms with Crippen LogP contribution >= 0.6 is 0 Å². The summed E-state index contributed by atoms with van der Waals surface area (Å²) >= 11 is 0. The van der Waals surface area contributed by atoms with Crippen LogP contribution in [0.3, 0.4) is 0 Å². The van der Waals surface area contributed by atoms with Crippen LogP contribution < -0.4 is 4.74 Å². The van der Waals surface area contributed by atoms with E-state index in [1.165, 1.54) is 5.56 Å². The fourth-order valence-electron chi connectivity index (χ4n) is 3.19. The van der Waals surface area contributed by atoms with Gasteiger partial charge in [-0.1, -0.05) is 72.7 Å². The van der Waals surface area contributed by atoms with Gasteiger partial charge in [0.25, 0.3) is 0 Å². The SMILES string of the molecule is CCN(Cc1ccccc1)Cc1nc(-c2ccc(OCc3ccccc3)cc2)no1. The lowest BCUT2D eigenvalue weighted by Crippen LogP contribution is -2.22. The average Bonchev–Trinajstić information content (AvgIpc) is 3.27. The molecule has 0 radical (unpaired) electrons. The summed E-state index contributed by atoms with van der Waals surface area (Å²) in [6.45, 7) is 5.05. The molecule has 3 aromatic carbocycles. The Kier molecular flexibility index (Phi) is 6.52. The molecular formula is C25H25N3O2. The van der Waals surface area contributed by atoms with E-state index >= 15 is 0 Å². The molecule has 5 heteroatoms. The van der Waals surface area contributed by atoms with E-state index in [2.05, 4.69) is 46.2 Å². The van der Waals surface area contributed by atoms with Gasteiger partial charge in [0.15, 0.2) is 0 Å². The summed E-state index contributed by atoms with van der Waals surface area (Å²) in [7, 11) is 0. The second-order valence-corrected chi connectivity index (χ2v) is 7.10. The van der Waals surface area contributed by atoms with E-state index in [0.717, 1.165) is 30.0 Å². The highest BCUT2D eigenvalue weighted by Gasteiger charge is 2.13. The molecular weight excluding hydrogens is 374 g/mol. The molecule has 4 aromatic rings. The maximum Gasteiger partial charge on any atom is 0.241 e. The van der Waals surface area contributed by atoms with Crippen LogP contribution in [-0.2, 0) is 19.7 Å². The lowest BCUT2D eigenvalue weighted by Gasteiger charge is -2.18. The van der Waals surface area contributed by atoms with Gasteiger partial charge >= 0.3 is 0 Å². The molecule has 0 spiro atoms. The summed E-state index contributed by atoms with van der Waals surface area (Å²) < 4.78 is 11.3. The lowest BCUT2D eigenvalue weighted by atomic mass is 10.2. The van der Waals surface area contributed by atoms with Crippen molar-refractivity contribution in [2.24, 2.45) is 0 Å². The minimum absolute atomic E-state index is 0.542. The Morgan fingerprint density at radius 2 is 1.47 bits per heavy atom. The van der Waals surface area contributed by atoms with E-state index in [-0.39, 0.29) is 0 Å². The maximum absolute atomic E-state index is 5.84. The molecule has 30 heavy (non-hydrogen) atoms. The summed E-state index contributed by atoms with van der Waals surface area (Å²) in [5.74, 6) is 2.02. The van der Waals surface area contributed by atoms with Gasteiger partial charge in [-0.15, -0.1) is 0 Å². The second kappa shape index (κ2) is 9.85. The van der Waals surface area contributed by atoms with E-state index in [4.69, 9.17) is 9.26 Å². The number of benzene rings is 3. The molecule has 4 rings (SSSR count). The predicted octanol–water partition coefficient (Wildman–Crippen LogP) is 5.34. The molecule has 0 N–H and O–H groups in total. The van der Waals surface area contributed by atoms with Crippen molar-refractivity contribution in [2.75, 3.05) is 6.54 Å². The number of ether oxygens (including phenoxy) is 1. The van der Waals surface area contributed by atoms with Gasteiger partial charge in [0.2, 0.25) is 11.7 Å². The first-order chi connectivity index (χ1) is 14.8. The van der Waals surface area contributed by atoms with Crippen molar-refractivity contribution >= 4 is 0 Å². The monoisotopic (exact) mass is 399 g/mol. The molecule has 152 valence electrons. The zero-order valence-corrected chi connectivity index (χ0v) is 17.1. The van der Waals surface area contributed by atoms with Crippen LogP contribution in [0.25, 0.3) is 11.4 Å². The van der Waals surface area contributed by atoms with E-state index in [9.17, 15) is 0 Å². The predicted molar refractivity (Wildman–Crippen MR) is 117 cm³/mol. The average molecular weight is 399 g/mol. The topological polar surface area (TPSA) is 51.4 Å². The van der Waals surface area contributed by atoms with Crippen molar-refractivity contribution in [3.63, 3.8) is 0 Å². The fraction of sp³-hybridized carbons (Fsp3) is 0.200. The Labute approximate surface area is 176 Å². The lowest BCUT2D eigenvalue weighted by molar-refractivity contribution is 0.229. The van der Waals surface area contributed by atoms with Gasteiger partial charge in [-0.05, 0) is 41.9 Å². The number of hydrogen-bond acceptors (Lipinski definition) is 5. The first-order valence-electron chi connectivity index (χ1n) is 10.2. The van der Waals surface area contributed by atoms with Crippen LogP contribution in [0, 0.1) is 0 Å². The molecule has 0 bridgehead atoms. The minimum atomic E-state index is 0.542. The molecule has 0 aliphatic rings. The third-order valence-electron chi connectivity index (χ3n) is 4.88. The molecule has 0 aliphatic carbocycles. The van der Waals surface area contributed by atoms with Crippen molar-refractivity contribution in [3.8, 4) is 17.1 Å². The van der Waals surface area contributed by atoms with Crippen LogP contribution in [0.15, 0.2) is 89.5 Å². The Morgan fingerprint density at radius 1 is 0.800 bits per heavy atom. The Bertz CT molecular complexity index is 1030. The van der Waals surface area contributed by atoms with Crippen LogP contribution in [0.2, 0.25) is 0 Å². The molecule has 0 saturated heterocycles. The standard InChI is InChI=1S/C25H25N3O2/c1-2-28(17-20-9-5-3-6-10-20)18-24-26-25(27-30-24)22-13-15-23(16-14-22)29-19-21-11-7-4-8-12-21/h3-16H,2,17-19H2,1H3. The van der Waals surface area contributed by atoms with Gasteiger partial charge in [0.05, 0.1) is 6.54 Å². The third-order valence-corrected chi connectivity index (χ3v) is 4.88. The van der Waals surface area contributed by atoms with Crippen LogP contribution in [-0.4, -0.2) is 21.6 Å². The quantitative estimate of drug-likeness (QED) is 0.380. The maximum atomic E-state index is 5.84. The normalized spacial score (nSPS) is 11.0. The number of nitrogens with zero attached hydrogens (tertiary/aromatic N) is 3. The van der Waals surface area contributed by atoms with Crippen LogP contribution in [0.5, 0.6) is 5.75 Å². The van der Waals surface area contributed by atoms with Gasteiger partial charge in [-0.3, -0.25) is 4.90 Å². The zero-order valence-electron chi connectivity index (χ0n) is 17.1.